The van der Waals surface area contributed by atoms with Crippen LogP contribution in [0.4, 0.5) is 11.6 Å². The molecule has 0 aliphatic heterocycles. The van der Waals surface area contributed by atoms with Crippen molar-refractivity contribution in [1.29, 1.82) is 0 Å². The predicted octanol–water partition coefficient (Wildman–Crippen LogP) is 4.88. The summed E-state index contributed by atoms with van der Waals surface area (Å²) in [4.78, 5) is 13.1. The van der Waals surface area contributed by atoms with Crippen LogP contribution < -0.4 is 11.5 Å². The first-order chi connectivity index (χ1) is 14.1. The Bertz CT molecular complexity index is 1200. The van der Waals surface area contributed by atoms with Crippen molar-refractivity contribution in [2.45, 2.75) is 38.1 Å². The van der Waals surface area contributed by atoms with Crippen LogP contribution in [0, 0.1) is 5.92 Å². The van der Waals surface area contributed by atoms with E-state index in [4.69, 9.17) is 11.5 Å². The third-order valence-electron chi connectivity index (χ3n) is 6.15. The monoisotopic (exact) mass is 450 g/mol. The molecule has 0 unspecified atom stereocenters. The molecular weight excluding hydrogens is 428 g/mol. The van der Waals surface area contributed by atoms with Gasteiger partial charge in [0.15, 0.2) is 0 Å². The first-order valence-corrected chi connectivity index (χ1v) is 10.8. The van der Waals surface area contributed by atoms with Gasteiger partial charge < -0.3 is 16.0 Å². The number of pyridine rings is 1. The van der Waals surface area contributed by atoms with Crippen LogP contribution in [0.25, 0.3) is 21.9 Å². The Balaban J connectivity index is 1.27. The number of rotatable bonds is 4. The van der Waals surface area contributed by atoms with Crippen LogP contribution in [0.2, 0.25) is 0 Å². The molecule has 1 saturated carbocycles. The van der Waals surface area contributed by atoms with Gasteiger partial charge in [-0.2, -0.15) is 0 Å². The molecule has 2 atom stereocenters. The fourth-order valence-electron chi connectivity index (χ4n) is 4.58. The number of anilines is 2. The number of hydrogen-bond donors (Lipinski definition) is 2. The number of nitrogen functional groups attached to an aromatic ring is 2. The number of aryl methyl sites for hydroxylation is 1. The molecule has 7 heteroatoms. The van der Waals surface area contributed by atoms with E-state index < -0.39 is 0 Å². The second kappa shape index (κ2) is 7.30. The molecule has 1 aliphatic carbocycles. The standard InChI is InChI=1S/C22H23BrN6/c23-18-11-15-5-3-14(10-19(15)28-21(18)25)2-1-13-4-6-16(9-13)29-8-7-17-20(24)26-12-27-22(17)29/h3,5,7-8,10-13,16H,1-2,4,6,9H2,(H2,25,28)(H2,24,26,27)/t13-,16+/m1/s1. The summed E-state index contributed by atoms with van der Waals surface area (Å²) in [7, 11) is 0. The molecule has 3 heterocycles. The van der Waals surface area contributed by atoms with Gasteiger partial charge in [-0.25, -0.2) is 15.0 Å². The minimum absolute atomic E-state index is 0.488. The first kappa shape index (κ1) is 18.4. The molecule has 1 aliphatic rings. The maximum Gasteiger partial charge on any atom is 0.145 e. The van der Waals surface area contributed by atoms with E-state index in [9.17, 15) is 0 Å². The number of nitrogens with zero attached hydrogens (tertiary/aromatic N) is 4. The maximum absolute atomic E-state index is 5.98. The number of nitrogens with two attached hydrogens (primary N) is 2. The van der Waals surface area contributed by atoms with E-state index in [2.05, 4.69) is 59.8 Å². The van der Waals surface area contributed by atoms with E-state index in [0.29, 0.717) is 17.7 Å². The van der Waals surface area contributed by atoms with Crippen molar-refractivity contribution < 1.29 is 0 Å². The second-order valence-corrected chi connectivity index (χ2v) is 8.83. The molecule has 1 aromatic carbocycles. The number of benzene rings is 1. The smallest absolute Gasteiger partial charge is 0.145 e. The molecule has 4 aromatic rings. The van der Waals surface area contributed by atoms with Crippen molar-refractivity contribution >= 4 is 49.5 Å². The molecule has 0 saturated heterocycles. The largest absolute Gasteiger partial charge is 0.383 e. The highest BCUT2D eigenvalue weighted by molar-refractivity contribution is 9.10. The average molecular weight is 451 g/mol. The molecule has 0 radical (unpaired) electrons. The van der Waals surface area contributed by atoms with Gasteiger partial charge >= 0.3 is 0 Å². The van der Waals surface area contributed by atoms with Crippen molar-refractivity contribution in [2.24, 2.45) is 5.92 Å². The van der Waals surface area contributed by atoms with Crippen molar-refractivity contribution in [3.8, 4) is 0 Å². The zero-order valence-electron chi connectivity index (χ0n) is 16.1. The van der Waals surface area contributed by atoms with E-state index in [0.717, 1.165) is 38.7 Å². The van der Waals surface area contributed by atoms with Gasteiger partial charge in [-0.15, -0.1) is 0 Å². The van der Waals surface area contributed by atoms with E-state index in [1.165, 1.54) is 31.2 Å². The average Bonchev–Trinajstić information content (AvgIpc) is 3.35. The Kier molecular flexibility index (Phi) is 4.62. The Morgan fingerprint density at radius 1 is 1.07 bits per heavy atom. The molecule has 0 amide bonds. The SMILES string of the molecule is Nc1nc2cc(CC[C@@H]3CC[C@H](n4ccc5c(N)ncnc54)C3)ccc2cc1Br. The zero-order chi connectivity index (χ0) is 20.0. The summed E-state index contributed by atoms with van der Waals surface area (Å²) in [6.07, 6.45) is 9.52. The van der Waals surface area contributed by atoms with Gasteiger partial charge in [0.25, 0.3) is 0 Å². The molecule has 6 nitrogen and oxygen atoms in total. The predicted molar refractivity (Wildman–Crippen MR) is 120 cm³/mol. The van der Waals surface area contributed by atoms with Crippen LogP contribution in [0.15, 0.2) is 47.3 Å². The topological polar surface area (TPSA) is 95.6 Å². The third-order valence-corrected chi connectivity index (χ3v) is 6.79. The fraction of sp³-hybridized carbons (Fsp3) is 0.318. The summed E-state index contributed by atoms with van der Waals surface area (Å²) in [5, 5.41) is 2.06. The molecule has 0 bridgehead atoms. The highest BCUT2D eigenvalue weighted by Gasteiger charge is 2.27. The molecule has 29 heavy (non-hydrogen) atoms. The van der Waals surface area contributed by atoms with Gasteiger partial charge in [0, 0.05) is 17.6 Å². The fourth-order valence-corrected chi connectivity index (χ4v) is 4.91. The number of hydrogen-bond acceptors (Lipinski definition) is 5. The van der Waals surface area contributed by atoms with Crippen LogP contribution in [0.1, 0.15) is 37.3 Å². The molecule has 1 fully saturated rings. The van der Waals surface area contributed by atoms with Crippen molar-refractivity contribution in [1.82, 2.24) is 19.5 Å². The number of halogens is 1. The van der Waals surface area contributed by atoms with Crippen LogP contribution in [-0.2, 0) is 6.42 Å². The zero-order valence-corrected chi connectivity index (χ0v) is 17.6. The minimum Gasteiger partial charge on any atom is -0.383 e. The normalized spacial score (nSPS) is 19.3. The lowest BCUT2D eigenvalue weighted by atomic mass is 9.97. The van der Waals surface area contributed by atoms with Crippen LogP contribution >= 0.6 is 15.9 Å². The summed E-state index contributed by atoms with van der Waals surface area (Å²) in [5.41, 5.74) is 15.2. The minimum atomic E-state index is 0.488. The lowest BCUT2D eigenvalue weighted by Crippen LogP contribution is -2.06. The highest BCUT2D eigenvalue weighted by atomic mass is 79.9. The Hall–Kier alpha value is -2.67. The summed E-state index contributed by atoms with van der Waals surface area (Å²) in [6, 6.07) is 11.1. The van der Waals surface area contributed by atoms with E-state index >= 15 is 0 Å². The summed E-state index contributed by atoms with van der Waals surface area (Å²) < 4.78 is 3.13. The summed E-state index contributed by atoms with van der Waals surface area (Å²) in [6.45, 7) is 0. The molecule has 3 aromatic heterocycles. The van der Waals surface area contributed by atoms with Gasteiger partial charge in [0.05, 0.1) is 15.4 Å². The van der Waals surface area contributed by atoms with Crippen molar-refractivity contribution in [3.63, 3.8) is 0 Å². The lowest BCUT2D eigenvalue weighted by Gasteiger charge is -2.14. The van der Waals surface area contributed by atoms with Gasteiger partial charge in [0.2, 0.25) is 0 Å². The van der Waals surface area contributed by atoms with Crippen molar-refractivity contribution in [2.75, 3.05) is 11.5 Å². The summed E-state index contributed by atoms with van der Waals surface area (Å²) >= 11 is 3.45. The van der Waals surface area contributed by atoms with Gasteiger partial charge in [-0.1, -0.05) is 12.1 Å². The molecule has 5 rings (SSSR count). The van der Waals surface area contributed by atoms with Crippen LogP contribution in [0.5, 0.6) is 0 Å². The maximum atomic E-state index is 5.98. The summed E-state index contributed by atoms with van der Waals surface area (Å²) in [5.74, 6) is 1.81. The third kappa shape index (κ3) is 3.44. The van der Waals surface area contributed by atoms with Crippen LogP contribution in [-0.4, -0.2) is 19.5 Å². The Morgan fingerprint density at radius 3 is 2.86 bits per heavy atom. The quantitative estimate of drug-likeness (QED) is 0.461. The highest BCUT2D eigenvalue weighted by Crippen LogP contribution is 2.39. The van der Waals surface area contributed by atoms with Crippen LogP contribution in [0.3, 0.4) is 0 Å². The lowest BCUT2D eigenvalue weighted by molar-refractivity contribution is 0.461. The van der Waals surface area contributed by atoms with Gasteiger partial charge in [-0.3, -0.25) is 0 Å². The number of aromatic nitrogens is 4. The van der Waals surface area contributed by atoms with E-state index in [1.807, 2.05) is 12.1 Å². The van der Waals surface area contributed by atoms with E-state index in [-0.39, 0.29) is 0 Å². The molecular formula is C22H23BrN6. The van der Waals surface area contributed by atoms with E-state index in [1.54, 1.807) is 6.33 Å². The Labute approximate surface area is 177 Å². The molecule has 4 N–H and O–H groups in total. The first-order valence-electron chi connectivity index (χ1n) is 10.00. The second-order valence-electron chi connectivity index (χ2n) is 7.97. The van der Waals surface area contributed by atoms with Gasteiger partial charge in [-0.05, 0) is 77.7 Å². The molecule has 0 spiro atoms. The molecule has 148 valence electrons. The van der Waals surface area contributed by atoms with Gasteiger partial charge in [0.1, 0.15) is 23.6 Å². The van der Waals surface area contributed by atoms with Crippen molar-refractivity contribution in [3.05, 3.63) is 52.9 Å². The number of fused-ring (bicyclic) bond motifs is 2. The Morgan fingerprint density at radius 2 is 1.97 bits per heavy atom.